The number of aryl methyl sites for hydroxylation is 2. The maximum atomic E-state index is 4.48. The molecule has 5 heteroatoms. The number of rotatable bonds is 3. The van der Waals surface area contributed by atoms with Crippen LogP contribution in [0.25, 0.3) is 5.78 Å². The molecule has 2 aromatic heterocycles. The van der Waals surface area contributed by atoms with Crippen LogP contribution in [0.3, 0.4) is 0 Å². The van der Waals surface area contributed by atoms with Crippen molar-refractivity contribution in [2.24, 2.45) is 0 Å². The number of aromatic nitrogens is 4. The summed E-state index contributed by atoms with van der Waals surface area (Å²) in [5.41, 5.74) is 2.13. The molecule has 102 valence electrons. The van der Waals surface area contributed by atoms with E-state index in [1.807, 2.05) is 6.92 Å². The summed E-state index contributed by atoms with van der Waals surface area (Å²) in [5, 5.41) is 12.4. The van der Waals surface area contributed by atoms with E-state index in [1.54, 1.807) is 0 Å². The van der Waals surface area contributed by atoms with Crippen molar-refractivity contribution in [3.05, 3.63) is 23.3 Å². The first-order valence-corrected chi connectivity index (χ1v) is 7.11. The second-order valence-corrected chi connectivity index (χ2v) is 5.56. The van der Waals surface area contributed by atoms with Crippen LogP contribution < -0.4 is 5.32 Å². The van der Waals surface area contributed by atoms with Crippen LogP contribution in [-0.4, -0.2) is 26.1 Å². The molecule has 19 heavy (non-hydrogen) atoms. The van der Waals surface area contributed by atoms with Gasteiger partial charge in [0.25, 0.3) is 5.78 Å². The molecule has 0 spiro atoms. The van der Waals surface area contributed by atoms with Crippen LogP contribution in [0.2, 0.25) is 0 Å². The van der Waals surface area contributed by atoms with Crippen LogP contribution in [0.5, 0.6) is 0 Å². The van der Waals surface area contributed by atoms with E-state index in [0.29, 0.717) is 0 Å². The summed E-state index contributed by atoms with van der Waals surface area (Å²) < 4.78 is 2.11. The van der Waals surface area contributed by atoms with Gasteiger partial charge in [0.2, 0.25) is 0 Å². The molecule has 1 aliphatic heterocycles. The van der Waals surface area contributed by atoms with Crippen molar-refractivity contribution >= 4 is 5.78 Å². The highest BCUT2D eigenvalue weighted by Gasteiger charge is 2.39. The highest BCUT2D eigenvalue weighted by atomic mass is 15.3. The summed E-state index contributed by atoms with van der Waals surface area (Å²) in [5.74, 6) is 1.75. The van der Waals surface area contributed by atoms with Crippen LogP contribution in [-0.2, 0) is 5.54 Å². The Morgan fingerprint density at radius 2 is 2.21 bits per heavy atom. The van der Waals surface area contributed by atoms with Crippen molar-refractivity contribution < 1.29 is 0 Å². The second kappa shape index (κ2) is 4.56. The van der Waals surface area contributed by atoms with E-state index in [1.165, 1.54) is 6.42 Å². The molecular formula is C14H21N5. The minimum absolute atomic E-state index is 0.0180. The normalized spacial score (nSPS) is 23.3. The number of nitrogens with zero attached hydrogens (tertiary/aromatic N) is 4. The lowest BCUT2D eigenvalue weighted by Gasteiger charge is -2.27. The van der Waals surface area contributed by atoms with Crippen molar-refractivity contribution in [1.29, 1.82) is 0 Å². The van der Waals surface area contributed by atoms with Crippen LogP contribution in [0, 0.1) is 13.8 Å². The Morgan fingerprint density at radius 3 is 2.89 bits per heavy atom. The van der Waals surface area contributed by atoms with E-state index in [0.717, 1.165) is 48.8 Å². The minimum Gasteiger partial charge on any atom is -0.305 e. The lowest BCUT2D eigenvalue weighted by Crippen LogP contribution is -2.38. The molecule has 1 saturated heterocycles. The summed E-state index contributed by atoms with van der Waals surface area (Å²) in [7, 11) is 0. The fraction of sp³-hybridized carbons (Fsp3) is 0.643. The molecule has 0 aliphatic carbocycles. The molecule has 0 radical (unpaired) electrons. The first-order chi connectivity index (χ1) is 9.16. The van der Waals surface area contributed by atoms with Gasteiger partial charge in [0.05, 0.1) is 5.54 Å². The molecule has 3 heterocycles. The van der Waals surface area contributed by atoms with Gasteiger partial charge in [-0.2, -0.15) is 0 Å². The molecule has 2 aromatic rings. The average molecular weight is 259 g/mol. The zero-order chi connectivity index (χ0) is 13.5. The predicted octanol–water partition coefficient (Wildman–Crippen LogP) is 2.12. The largest absolute Gasteiger partial charge is 0.305 e. The van der Waals surface area contributed by atoms with Gasteiger partial charge in [-0.15, -0.1) is 10.2 Å². The second-order valence-electron chi connectivity index (χ2n) is 5.56. The molecule has 1 fully saturated rings. The molecule has 0 bridgehead atoms. The van der Waals surface area contributed by atoms with E-state index < -0.39 is 0 Å². The molecular weight excluding hydrogens is 238 g/mol. The van der Waals surface area contributed by atoms with E-state index in [4.69, 9.17) is 0 Å². The van der Waals surface area contributed by atoms with Gasteiger partial charge in [-0.05, 0) is 45.7 Å². The third kappa shape index (κ3) is 1.92. The lowest BCUT2D eigenvalue weighted by molar-refractivity contribution is 0.331. The minimum atomic E-state index is -0.0180. The monoisotopic (exact) mass is 259 g/mol. The molecule has 0 saturated carbocycles. The Bertz CT molecular complexity index is 595. The Morgan fingerprint density at radius 1 is 1.37 bits per heavy atom. The quantitative estimate of drug-likeness (QED) is 0.917. The summed E-state index contributed by atoms with van der Waals surface area (Å²) in [6.45, 7) is 7.38. The molecule has 1 atom stereocenters. The van der Waals surface area contributed by atoms with E-state index in [-0.39, 0.29) is 5.54 Å². The number of nitrogens with one attached hydrogen (secondary N) is 1. The zero-order valence-corrected chi connectivity index (χ0v) is 11.9. The Kier molecular flexibility index (Phi) is 3.01. The van der Waals surface area contributed by atoms with Crippen LogP contribution in [0.1, 0.15) is 49.8 Å². The third-order valence-electron chi connectivity index (χ3n) is 4.04. The maximum absolute atomic E-state index is 4.48. The fourth-order valence-electron chi connectivity index (χ4n) is 3.29. The topological polar surface area (TPSA) is 55.1 Å². The van der Waals surface area contributed by atoms with E-state index in [9.17, 15) is 0 Å². The molecule has 1 unspecified atom stereocenters. The molecule has 0 aromatic carbocycles. The molecule has 5 nitrogen and oxygen atoms in total. The smallest absolute Gasteiger partial charge is 0.255 e. The van der Waals surface area contributed by atoms with Crippen molar-refractivity contribution in [2.45, 2.75) is 52.0 Å². The molecule has 1 N–H and O–H groups in total. The van der Waals surface area contributed by atoms with E-state index >= 15 is 0 Å². The molecule has 3 rings (SSSR count). The average Bonchev–Trinajstić information content (AvgIpc) is 2.96. The van der Waals surface area contributed by atoms with Crippen molar-refractivity contribution in [1.82, 2.24) is 24.9 Å². The lowest BCUT2D eigenvalue weighted by atomic mass is 9.91. The van der Waals surface area contributed by atoms with Gasteiger partial charge in [-0.1, -0.05) is 13.3 Å². The Hall–Kier alpha value is -1.49. The maximum Gasteiger partial charge on any atom is 0.255 e. The molecule has 0 amide bonds. The van der Waals surface area contributed by atoms with E-state index in [2.05, 4.69) is 44.8 Å². The van der Waals surface area contributed by atoms with Gasteiger partial charge in [0.1, 0.15) is 0 Å². The van der Waals surface area contributed by atoms with Gasteiger partial charge >= 0.3 is 0 Å². The Balaban J connectivity index is 2.19. The highest BCUT2D eigenvalue weighted by Crippen LogP contribution is 2.34. The van der Waals surface area contributed by atoms with Gasteiger partial charge in [0.15, 0.2) is 5.82 Å². The molecule has 1 aliphatic rings. The first-order valence-electron chi connectivity index (χ1n) is 7.11. The first kappa shape index (κ1) is 12.5. The van der Waals surface area contributed by atoms with Crippen LogP contribution in [0.4, 0.5) is 0 Å². The van der Waals surface area contributed by atoms with Crippen LogP contribution in [0.15, 0.2) is 6.07 Å². The number of hydrogen-bond acceptors (Lipinski definition) is 4. The Labute approximate surface area is 113 Å². The van der Waals surface area contributed by atoms with Crippen molar-refractivity contribution in [3.8, 4) is 0 Å². The van der Waals surface area contributed by atoms with Gasteiger partial charge in [0, 0.05) is 11.4 Å². The number of fused-ring (bicyclic) bond motifs is 1. The highest BCUT2D eigenvalue weighted by molar-refractivity contribution is 5.34. The SMILES string of the molecule is CCCC1(c2nnc3nc(C)cc(C)n23)CCCN1. The van der Waals surface area contributed by atoms with Gasteiger partial charge < -0.3 is 5.32 Å². The van der Waals surface area contributed by atoms with Crippen molar-refractivity contribution in [3.63, 3.8) is 0 Å². The van der Waals surface area contributed by atoms with Crippen molar-refractivity contribution in [2.75, 3.05) is 6.54 Å². The number of hydrogen-bond donors (Lipinski definition) is 1. The fourth-order valence-corrected chi connectivity index (χ4v) is 3.29. The zero-order valence-electron chi connectivity index (χ0n) is 11.9. The summed E-state index contributed by atoms with van der Waals surface area (Å²) in [6.07, 6.45) is 4.57. The summed E-state index contributed by atoms with van der Waals surface area (Å²) in [4.78, 5) is 4.48. The summed E-state index contributed by atoms with van der Waals surface area (Å²) in [6, 6.07) is 2.09. The third-order valence-corrected chi connectivity index (χ3v) is 4.04. The van der Waals surface area contributed by atoms with Gasteiger partial charge in [-0.25, -0.2) is 4.98 Å². The van der Waals surface area contributed by atoms with Crippen LogP contribution >= 0.6 is 0 Å². The summed E-state index contributed by atoms with van der Waals surface area (Å²) >= 11 is 0. The predicted molar refractivity (Wildman–Crippen MR) is 74.1 cm³/mol. The standard InChI is InChI=1S/C14H21N5/c1-4-6-14(7-5-8-15-14)12-17-18-13-16-10(2)9-11(3)19(12)13/h9,15H,4-8H2,1-3H3. The van der Waals surface area contributed by atoms with Gasteiger partial charge in [-0.3, -0.25) is 4.40 Å².